The van der Waals surface area contributed by atoms with Crippen LogP contribution in [0.3, 0.4) is 0 Å². The number of aldehydes is 1. The number of fused-ring (bicyclic) bond motifs is 1. The van der Waals surface area contributed by atoms with Crippen molar-refractivity contribution in [1.29, 1.82) is 0 Å². The molecule has 0 atom stereocenters. The lowest BCUT2D eigenvalue weighted by molar-refractivity contribution is 0.111. The molecule has 0 aliphatic carbocycles. The minimum Gasteiger partial charge on any atom is -0.352 e. The van der Waals surface area contributed by atoms with Gasteiger partial charge in [0.2, 0.25) is 0 Å². The molecule has 0 saturated carbocycles. The van der Waals surface area contributed by atoms with Crippen LogP contribution in [0.25, 0.3) is 5.65 Å². The highest BCUT2D eigenvalue weighted by atomic mass is 16.1. The molecular formula is C15H20N4O. The number of hydrogen-bond donors (Lipinski definition) is 0. The van der Waals surface area contributed by atoms with Crippen LogP contribution in [-0.2, 0) is 0 Å². The summed E-state index contributed by atoms with van der Waals surface area (Å²) in [5.41, 5.74) is 1.54. The van der Waals surface area contributed by atoms with Crippen molar-refractivity contribution in [2.45, 2.75) is 19.4 Å². The van der Waals surface area contributed by atoms with E-state index in [9.17, 15) is 4.79 Å². The predicted molar refractivity (Wildman–Crippen MR) is 79.5 cm³/mol. The molecule has 1 aliphatic rings. The van der Waals surface area contributed by atoms with Crippen LogP contribution in [0, 0.1) is 0 Å². The van der Waals surface area contributed by atoms with Gasteiger partial charge in [-0.05, 0) is 33.0 Å². The fraction of sp³-hybridized carbons (Fsp3) is 0.467. The lowest BCUT2D eigenvalue weighted by Gasteiger charge is -2.45. The molecule has 3 heterocycles. The topological polar surface area (TPSA) is 40.9 Å². The molecule has 5 heteroatoms. The summed E-state index contributed by atoms with van der Waals surface area (Å²) in [6, 6.07) is 5.78. The number of hydrogen-bond acceptors (Lipinski definition) is 4. The van der Waals surface area contributed by atoms with Gasteiger partial charge in [0.15, 0.2) is 12.1 Å². The zero-order valence-electron chi connectivity index (χ0n) is 12.2. The third-order valence-electron chi connectivity index (χ3n) is 4.28. The average molecular weight is 272 g/mol. The molecule has 0 aromatic carbocycles. The van der Waals surface area contributed by atoms with E-state index in [0.717, 1.165) is 37.4 Å². The van der Waals surface area contributed by atoms with Crippen LogP contribution >= 0.6 is 0 Å². The summed E-state index contributed by atoms with van der Waals surface area (Å²) in [4.78, 5) is 20.7. The van der Waals surface area contributed by atoms with Crippen molar-refractivity contribution in [1.82, 2.24) is 14.3 Å². The Labute approximate surface area is 118 Å². The van der Waals surface area contributed by atoms with Gasteiger partial charge in [0.05, 0.1) is 0 Å². The van der Waals surface area contributed by atoms with Crippen LogP contribution in [0.1, 0.15) is 24.3 Å². The zero-order valence-corrected chi connectivity index (χ0v) is 12.2. The molecule has 1 saturated heterocycles. The fourth-order valence-electron chi connectivity index (χ4n) is 2.77. The maximum atomic E-state index is 11.5. The Morgan fingerprint density at radius 1 is 1.30 bits per heavy atom. The lowest BCUT2D eigenvalue weighted by atomic mass is 10.00. The zero-order chi connectivity index (χ0) is 14.3. The SMILES string of the molecule is CN1CCN(c2nc3ccccn3c2C=O)CC1(C)C. The fourth-order valence-corrected chi connectivity index (χ4v) is 2.77. The van der Waals surface area contributed by atoms with Crippen LogP contribution < -0.4 is 4.90 Å². The standard InChI is InChI=1S/C15H20N4O/c1-15(2)11-18(9-8-17(15)3)14-12(10-20)19-7-5-4-6-13(19)16-14/h4-7,10H,8-9,11H2,1-3H3. The second-order valence-corrected chi connectivity index (χ2v) is 6.02. The highest BCUT2D eigenvalue weighted by molar-refractivity contribution is 5.83. The first kappa shape index (κ1) is 13.1. The summed E-state index contributed by atoms with van der Waals surface area (Å²) in [7, 11) is 2.14. The average Bonchev–Trinajstić information content (AvgIpc) is 2.80. The lowest BCUT2D eigenvalue weighted by Crippen LogP contribution is -2.58. The van der Waals surface area contributed by atoms with E-state index in [1.165, 1.54) is 0 Å². The van der Waals surface area contributed by atoms with E-state index in [-0.39, 0.29) is 5.54 Å². The molecular weight excluding hydrogens is 252 g/mol. The predicted octanol–water partition coefficient (Wildman–Crippen LogP) is 1.68. The molecule has 106 valence electrons. The van der Waals surface area contributed by atoms with Gasteiger partial charge in [-0.15, -0.1) is 0 Å². The summed E-state index contributed by atoms with van der Waals surface area (Å²) in [5.74, 6) is 0.798. The molecule has 0 bridgehead atoms. The quantitative estimate of drug-likeness (QED) is 0.780. The Balaban J connectivity index is 2.04. The molecule has 2 aromatic heterocycles. The molecule has 0 spiro atoms. The third kappa shape index (κ3) is 1.98. The Kier molecular flexibility index (Phi) is 3.01. The number of piperazine rings is 1. The van der Waals surface area contributed by atoms with Crippen molar-refractivity contribution >= 4 is 17.8 Å². The second kappa shape index (κ2) is 4.59. The van der Waals surface area contributed by atoms with E-state index >= 15 is 0 Å². The third-order valence-corrected chi connectivity index (χ3v) is 4.28. The van der Waals surface area contributed by atoms with Gasteiger partial charge in [-0.3, -0.25) is 14.1 Å². The number of carbonyl (C=O) groups excluding carboxylic acids is 1. The van der Waals surface area contributed by atoms with Gasteiger partial charge in [-0.1, -0.05) is 6.07 Å². The highest BCUT2D eigenvalue weighted by Crippen LogP contribution is 2.26. The van der Waals surface area contributed by atoms with Crippen molar-refractivity contribution < 1.29 is 4.79 Å². The highest BCUT2D eigenvalue weighted by Gasteiger charge is 2.33. The monoisotopic (exact) mass is 272 g/mol. The number of imidazole rings is 1. The summed E-state index contributed by atoms with van der Waals surface area (Å²) >= 11 is 0. The van der Waals surface area contributed by atoms with Gasteiger partial charge in [-0.2, -0.15) is 0 Å². The molecule has 20 heavy (non-hydrogen) atoms. The van der Waals surface area contributed by atoms with Gasteiger partial charge in [0, 0.05) is 31.4 Å². The van der Waals surface area contributed by atoms with E-state index < -0.39 is 0 Å². The smallest absolute Gasteiger partial charge is 0.170 e. The number of anilines is 1. The van der Waals surface area contributed by atoms with Crippen LogP contribution in [-0.4, -0.2) is 52.8 Å². The van der Waals surface area contributed by atoms with Crippen LogP contribution in [0.15, 0.2) is 24.4 Å². The first-order valence-corrected chi connectivity index (χ1v) is 6.91. The first-order chi connectivity index (χ1) is 9.53. The van der Waals surface area contributed by atoms with E-state index in [1.54, 1.807) is 0 Å². The van der Waals surface area contributed by atoms with Gasteiger partial charge >= 0.3 is 0 Å². The van der Waals surface area contributed by atoms with Gasteiger partial charge in [0.25, 0.3) is 0 Å². The van der Waals surface area contributed by atoms with Crippen LogP contribution in [0.4, 0.5) is 5.82 Å². The molecule has 1 fully saturated rings. The van der Waals surface area contributed by atoms with Gasteiger partial charge in [0.1, 0.15) is 11.3 Å². The van der Waals surface area contributed by atoms with Gasteiger partial charge in [-0.25, -0.2) is 4.98 Å². The minimum atomic E-state index is 0.0776. The summed E-state index contributed by atoms with van der Waals surface area (Å²) < 4.78 is 1.85. The molecule has 0 unspecified atom stereocenters. The normalized spacial score (nSPS) is 19.4. The Bertz CT molecular complexity index is 646. The van der Waals surface area contributed by atoms with E-state index in [4.69, 9.17) is 0 Å². The molecule has 0 radical (unpaired) electrons. The van der Waals surface area contributed by atoms with Gasteiger partial charge < -0.3 is 4.90 Å². The number of rotatable bonds is 2. The summed E-state index contributed by atoms with van der Waals surface area (Å²) in [5, 5.41) is 0. The maximum absolute atomic E-state index is 11.5. The molecule has 3 rings (SSSR count). The van der Waals surface area contributed by atoms with Crippen molar-refractivity contribution in [3.8, 4) is 0 Å². The summed E-state index contributed by atoms with van der Waals surface area (Å²) in [6.45, 7) is 7.17. The Morgan fingerprint density at radius 2 is 2.10 bits per heavy atom. The van der Waals surface area contributed by atoms with Crippen molar-refractivity contribution in [2.24, 2.45) is 0 Å². The molecule has 0 amide bonds. The molecule has 1 aliphatic heterocycles. The number of likely N-dealkylation sites (N-methyl/N-ethyl adjacent to an activating group) is 1. The van der Waals surface area contributed by atoms with E-state index in [0.29, 0.717) is 5.69 Å². The van der Waals surface area contributed by atoms with Crippen molar-refractivity contribution in [3.63, 3.8) is 0 Å². The molecule has 0 N–H and O–H groups in total. The van der Waals surface area contributed by atoms with Crippen molar-refractivity contribution in [2.75, 3.05) is 31.6 Å². The number of nitrogens with zero attached hydrogens (tertiary/aromatic N) is 4. The van der Waals surface area contributed by atoms with Crippen LogP contribution in [0.5, 0.6) is 0 Å². The maximum Gasteiger partial charge on any atom is 0.170 e. The second-order valence-electron chi connectivity index (χ2n) is 6.02. The van der Waals surface area contributed by atoms with Crippen LogP contribution in [0.2, 0.25) is 0 Å². The van der Waals surface area contributed by atoms with Crippen molar-refractivity contribution in [3.05, 3.63) is 30.1 Å². The minimum absolute atomic E-state index is 0.0776. The Morgan fingerprint density at radius 3 is 2.80 bits per heavy atom. The number of carbonyl (C=O) groups is 1. The largest absolute Gasteiger partial charge is 0.352 e. The molecule has 2 aromatic rings. The summed E-state index contributed by atoms with van der Waals surface area (Å²) in [6.07, 6.45) is 2.79. The molecule has 5 nitrogen and oxygen atoms in total. The number of aromatic nitrogens is 2. The number of pyridine rings is 1. The van der Waals surface area contributed by atoms with E-state index in [2.05, 4.69) is 35.7 Å². The van der Waals surface area contributed by atoms with E-state index in [1.807, 2.05) is 28.8 Å². The Hall–Kier alpha value is -1.88. The first-order valence-electron chi connectivity index (χ1n) is 6.91.